The lowest BCUT2D eigenvalue weighted by molar-refractivity contribution is -0.252. The first-order valence-electron chi connectivity index (χ1n) is 11.7. The number of nitrogens with zero attached hydrogens (tertiary/aromatic N) is 1. The molecule has 0 aliphatic carbocycles. The lowest BCUT2D eigenvalue weighted by Crippen LogP contribution is -2.37. The number of rotatable bonds is 13. The van der Waals surface area contributed by atoms with Gasteiger partial charge in [0.25, 0.3) is 6.36 Å². The molecule has 1 aromatic carbocycles. The van der Waals surface area contributed by atoms with Gasteiger partial charge in [0.1, 0.15) is 18.5 Å². The summed E-state index contributed by atoms with van der Waals surface area (Å²) in [6.07, 6.45) is -1.58. The number of ketones is 1. The minimum absolute atomic E-state index is 0.0126. The van der Waals surface area contributed by atoms with Crippen molar-refractivity contribution in [2.75, 3.05) is 6.61 Å². The maximum Gasteiger partial charge on any atom is 0.394 e. The molecule has 3 atom stereocenters. The van der Waals surface area contributed by atoms with Gasteiger partial charge in [-0.2, -0.15) is 13.9 Å². The molecule has 0 aliphatic heterocycles. The molecular weight excluding hydrogens is 548 g/mol. The SMILES string of the molecule is CC/C(=C\NC(C)COC(C)=O)C(=O)OOC(=O)/C(C(=O)c1ccccc1F)=C(/F)N(F)C(C)C(F)OC(C)=O. The fraction of sp³-hybridized carbons (Fsp3) is 0.400. The van der Waals surface area contributed by atoms with Gasteiger partial charge in [-0.1, -0.05) is 23.5 Å². The van der Waals surface area contributed by atoms with Gasteiger partial charge in [-0.3, -0.25) is 14.4 Å². The molecular formula is C25H28F4N2O9. The molecule has 0 aromatic heterocycles. The highest BCUT2D eigenvalue weighted by Crippen LogP contribution is 2.25. The number of alkyl halides is 1. The fourth-order valence-corrected chi connectivity index (χ4v) is 2.71. The zero-order valence-electron chi connectivity index (χ0n) is 22.2. The van der Waals surface area contributed by atoms with E-state index in [9.17, 15) is 37.2 Å². The third kappa shape index (κ3) is 10.0. The second kappa shape index (κ2) is 15.9. The molecule has 0 saturated carbocycles. The lowest BCUT2D eigenvalue weighted by Gasteiger charge is -2.23. The summed E-state index contributed by atoms with van der Waals surface area (Å²) in [5, 5.41) is 1.68. The van der Waals surface area contributed by atoms with Crippen molar-refractivity contribution in [3.05, 3.63) is 58.9 Å². The second-order valence-electron chi connectivity index (χ2n) is 8.12. The molecule has 15 heteroatoms. The van der Waals surface area contributed by atoms with Crippen molar-refractivity contribution in [3.63, 3.8) is 0 Å². The molecule has 1 aromatic rings. The van der Waals surface area contributed by atoms with Crippen molar-refractivity contribution < 1.29 is 60.9 Å². The third-order valence-corrected chi connectivity index (χ3v) is 4.87. The average molecular weight is 576 g/mol. The zero-order chi connectivity index (χ0) is 30.6. The van der Waals surface area contributed by atoms with Crippen molar-refractivity contribution in [1.29, 1.82) is 0 Å². The molecule has 220 valence electrons. The van der Waals surface area contributed by atoms with E-state index in [0.29, 0.717) is 6.92 Å². The van der Waals surface area contributed by atoms with Crippen LogP contribution in [0.3, 0.4) is 0 Å². The standard InChI is InChI=1S/C25H28F4N2O9/c1-6-17(11-30-13(2)12-37-15(4)32)24(35)39-40-25(36)20(21(34)18-9-7-8-10-19(18)26)22(27)31(29)14(3)23(28)38-16(5)33/h7-11,13-14,23,30H,6,12H2,1-5H3/b17-11+,22-20-. The molecule has 1 N–H and O–H groups in total. The molecule has 0 aliphatic rings. The van der Waals surface area contributed by atoms with E-state index in [1.807, 2.05) is 0 Å². The average Bonchev–Trinajstić information content (AvgIpc) is 2.89. The second-order valence-corrected chi connectivity index (χ2v) is 8.12. The lowest BCUT2D eigenvalue weighted by atomic mass is 10.0. The molecule has 3 unspecified atom stereocenters. The van der Waals surface area contributed by atoms with E-state index >= 15 is 4.39 Å². The molecule has 0 heterocycles. The van der Waals surface area contributed by atoms with Crippen LogP contribution in [-0.4, -0.2) is 59.8 Å². The van der Waals surface area contributed by atoms with Gasteiger partial charge in [-0.15, -0.1) is 0 Å². The van der Waals surface area contributed by atoms with Crippen molar-refractivity contribution in [1.82, 2.24) is 10.4 Å². The Morgan fingerprint density at radius 1 is 1.02 bits per heavy atom. The topological polar surface area (TPSA) is 138 Å². The van der Waals surface area contributed by atoms with Crippen LogP contribution in [0, 0.1) is 5.82 Å². The van der Waals surface area contributed by atoms with Gasteiger partial charge in [0.05, 0.1) is 17.2 Å². The quantitative estimate of drug-likeness (QED) is 0.0353. The third-order valence-electron chi connectivity index (χ3n) is 4.87. The Morgan fingerprint density at radius 2 is 1.62 bits per heavy atom. The number of esters is 2. The minimum atomic E-state index is -2.75. The summed E-state index contributed by atoms with van der Waals surface area (Å²) in [6.45, 7) is 5.78. The first-order chi connectivity index (χ1) is 18.7. The van der Waals surface area contributed by atoms with Crippen molar-refractivity contribution in [2.45, 2.75) is 59.5 Å². The van der Waals surface area contributed by atoms with Gasteiger partial charge < -0.3 is 14.8 Å². The van der Waals surface area contributed by atoms with Crippen LogP contribution in [0.15, 0.2) is 47.6 Å². The van der Waals surface area contributed by atoms with Crippen molar-refractivity contribution in [2.24, 2.45) is 0 Å². The van der Waals surface area contributed by atoms with Gasteiger partial charge in [0.2, 0.25) is 11.7 Å². The Labute approximate surface area is 226 Å². The van der Waals surface area contributed by atoms with Crippen molar-refractivity contribution >= 4 is 29.7 Å². The molecule has 0 fully saturated rings. The van der Waals surface area contributed by atoms with Crippen LogP contribution in [-0.2, 0) is 38.4 Å². The van der Waals surface area contributed by atoms with Gasteiger partial charge in [0.15, 0.2) is 5.57 Å². The Balaban J connectivity index is 3.24. The highest BCUT2D eigenvalue weighted by Gasteiger charge is 2.37. The van der Waals surface area contributed by atoms with E-state index in [2.05, 4.69) is 19.8 Å². The monoisotopic (exact) mass is 576 g/mol. The van der Waals surface area contributed by atoms with E-state index in [1.54, 1.807) is 6.92 Å². The number of halogens is 4. The van der Waals surface area contributed by atoms with Crippen LogP contribution in [0.5, 0.6) is 0 Å². The summed E-state index contributed by atoms with van der Waals surface area (Å²) in [5.74, 6) is -10.4. The van der Waals surface area contributed by atoms with Crippen molar-refractivity contribution in [3.8, 4) is 0 Å². The van der Waals surface area contributed by atoms with Gasteiger partial charge >= 0.3 is 23.9 Å². The Bertz CT molecular complexity index is 1170. The summed E-state index contributed by atoms with van der Waals surface area (Å²) in [7, 11) is 0. The number of hydrogen-bond donors (Lipinski definition) is 1. The summed E-state index contributed by atoms with van der Waals surface area (Å²) in [4.78, 5) is 68.2. The van der Waals surface area contributed by atoms with E-state index in [4.69, 9.17) is 4.74 Å². The summed E-state index contributed by atoms with van der Waals surface area (Å²) >= 11 is 0. The predicted octanol–water partition coefficient (Wildman–Crippen LogP) is 3.46. The Kier molecular flexibility index (Phi) is 13.3. The van der Waals surface area contributed by atoms with Gasteiger partial charge in [-0.25, -0.2) is 23.8 Å². The largest absolute Gasteiger partial charge is 0.464 e. The first-order valence-corrected chi connectivity index (χ1v) is 11.7. The van der Waals surface area contributed by atoms with Crippen LogP contribution in [0.2, 0.25) is 0 Å². The maximum atomic E-state index is 15.1. The highest BCUT2D eigenvalue weighted by molar-refractivity contribution is 6.24. The molecule has 1 rings (SSSR count). The number of benzene rings is 1. The Hall–Kier alpha value is -4.43. The predicted molar refractivity (Wildman–Crippen MR) is 128 cm³/mol. The number of nitrogens with one attached hydrogen (secondary N) is 1. The van der Waals surface area contributed by atoms with Gasteiger partial charge in [-0.05, 0) is 32.4 Å². The number of carbonyl (C=O) groups excluding carboxylic acids is 5. The van der Waals surface area contributed by atoms with Crippen LogP contribution in [0.4, 0.5) is 17.7 Å². The molecule has 0 amide bonds. The van der Waals surface area contributed by atoms with E-state index in [0.717, 1.165) is 31.3 Å². The maximum absolute atomic E-state index is 15.1. The van der Waals surface area contributed by atoms with Gasteiger partial charge in [0, 0.05) is 20.0 Å². The zero-order valence-corrected chi connectivity index (χ0v) is 22.2. The highest BCUT2D eigenvalue weighted by atomic mass is 19.2. The number of carbonyl (C=O) groups is 5. The van der Waals surface area contributed by atoms with E-state index < -0.39 is 76.1 Å². The van der Waals surface area contributed by atoms with Crippen LogP contribution < -0.4 is 5.32 Å². The first kappa shape index (κ1) is 33.6. The molecule has 0 saturated heterocycles. The van der Waals surface area contributed by atoms with E-state index in [1.165, 1.54) is 19.9 Å². The van der Waals surface area contributed by atoms with Crippen LogP contribution in [0.25, 0.3) is 0 Å². The minimum Gasteiger partial charge on any atom is -0.464 e. The molecule has 40 heavy (non-hydrogen) atoms. The normalized spacial score (nSPS) is 14.1. The molecule has 0 radical (unpaired) electrons. The van der Waals surface area contributed by atoms with Crippen LogP contribution >= 0.6 is 0 Å². The molecule has 0 bridgehead atoms. The molecule has 0 spiro atoms. The summed E-state index contributed by atoms with van der Waals surface area (Å²) in [6, 6.07) is 1.27. The van der Waals surface area contributed by atoms with Crippen LogP contribution in [0.1, 0.15) is 51.4 Å². The number of hydrogen-bond acceptors (Lipinski definition) is 11. The summed E-state index contributed by atoms with van der Waals surface area (Å²) < 4.78 is 67.0. The smallest absolute Gasteiger partial charge is 0.394 e. The fourth-order valence-electron chi connectivity index (χ4n) is 2.71. The number of ether oxygens (including phenoxy) is 2. The van der Waals surface area contributed by atoms with E-state index in [-0.39, 0.29) is 18.6 Å². The summed E-state index contributed by atoms with van der Waals surface area (Å²) in [5.41, 5.74) is -2.82. The molecule has 11 nitrogen and oxygen atoms in total. The number of Topliss-reactive ketones (excluding diaryl/α,β-unsaturated/α-hetero) is 1. The Morgan fingerprint density at radius 3 is 2.17 bits per heavy atom.